The summed E-state index contributed by atoms with van der Waals surface area (Å²) in [5.41, 5.74) is 9.89. The molecule has 0 radical (unpaired) electrons. The molecule has 7 aromatic rings. The lowest BCUT2D eigenvalue weighted by atomic mass is 9.96. The average molecular weight is 452 g/mol. The molecular weight excluding hydrogens is 430 g/mol. The normalized spacial score (nSPS) is 11.7. The van der Waals surface area contributed by atoms with Gasteiger partial charge in [0, 0.05) is 45.2 Å². The highest BCUT2D eigenvalue weighted by Crippen LogP contribution is 2.39. The van der Waals surface area contributed by atoms with Gasteiger partial charge in [0.2, 0.25) is 0 Å². The van der Waals surface area contributed by atoms with Crippen LogP contribution in [0.5, 0.6) is 0 Å². The van der Waals surface area contributed by atoms with Crippen molar-refractivity contribution in [3.8, 4) is 22.4 Å². The standard InChI is InChI=1S/C31H21N3O/c1-18-8-9-20-10-11-25-24-5-3-6-26(30(24)35-31(25)29(20)34-18)28-17-21(14-16-33-28)22-12-13-27-23(19(22)2)7-4-15-32-27/h3-17H,1-2H3. The molecule has 0 atom stereocenters. The second kappa shape index (κ2) is 7.47. The van der Waals surface area contributed by atoms with E-state index >= 15 is 0 Å². The van der Waals surface area contributed by atoms with Crippen LogP contribution in [-0.2, 0) is 0 Å². The molecule has 0 amide bonds. The first-order valence-electron chi connectivity index (χ1n) is 11.7. The molecule has 0 aliphatic carbocycles. The number of aryl methyl sites for hydroxylation is 2. The minimum Gasteiger partial charge on any atom is -0.453 e. The van der Waals surface area contributed by atoms with Crippen molar-refractivity contribution in [2.24, 2.45) is 0 Å². The fraction of sp³-hybridized carbons (Fsp3) is 0.0645. The van der Waals surface area contributed by atoms with Gasteiger partial charge in [-0.15, -0.1) is 0 Å². The second-order valence-corrected chi connectivity index (χ2v) is 8.99. The number of hydrogen-bond acceptors (Lipinski definition) is 4. The minimum absolute atomic E-state index is 0.822. The predicted octanol–water partition coefficient (Wildman–Crippen LogP) is 8.03. The van der Waals surface area contributed by atoms with Crippen LogP contribution in [0, 0.1) is 13.8 Å². The van der Waals surface area contributed by atoms with Gasteiger partial charge < -0.3 is 4.42 Å². The smallest absolute Gasteiger partial charge is 0.161 e. The van der Waals surface area contributed by atoms with Gasteiger partial charge in [-0.25, -0.2) is 4.98 Å². The van der Waals surface area contributed by atoms with Gasteiger partial charge in [0.05, 0.1) is 11.2 Å². The van der Waals surface area contributed by atoms with Crippen molar-refractivity contribution in [3.63, 3.8) is 0 Å². The minimum atomic E-state index is 0.822. The maximum Gasteiger partial charge on any atom is 0.161 e. The highest BCUT2D eigenvalue weighted by molar-refractivity contribution is 6.16. The molecule has 166 valence electrons. The van der Waals surface area contributed by atoms with E-state index in [0.29, 0.717) is 0 Å². The Bertz CT molecular complexity index is 1930. The number of fused-ring (bicyclic) bond motifs is 6. The van der Waals surface area contributed by atoms with E-state index < -0.39 is 0 Å². The number of benzene rings is 3. The molecule has 0 unspecified atom stereocenters. The van der Waals surface area contributed by atoms with Gasteiger partial charge in [-0.05, 0) is 73.0 Å². The zero-order valence-corrected chi connectivity index (χ0v) is 19.4. The molecule has 35 heavy (non-hydrogen) atoms. The zero-order chi connectivity index (χ0) is 23.5. The fourth-order valence-electron chi connectivity index (χ4n) is 5.10. The lowest BCUT2D eigenvalue weighted by molar-refractivity contribution is 0.672. The summed E-state index contributed by atoms with van der Waals surface area (Å²) >= 11 is 0. The fourth-order valence-corrected chi connectivity index (χ4v) is 5.10. The summed E-state index contributed by atoms with van der Waals surface area (Å²) in [6.45, 7) is 4.16. The average Bonchev–Trinajstić information content (AvgIpc) is 3.29. The molecule has 4 nitrogen and oxygen atoms in total. The van der Waals surface area contributed by atoms with Crippen LogP contribution in [0.2, 0.25) is 0 Å². The van der Waals surface area contributed by atoms with E-state index in [1.54, 1.807) is 0 Å². The van der Waals surface area contributed by atoms with Crippen molar-refractivity contribution >= 4 is 43.7 Å². The molecule has 4 heteroatoms. The molecule has 3 aromatic carbocycles. The number of hydrogen-bond donors (Lipinski definition) is 0. The molecule has 4 aromatic heterocycles. The molecule has 0 saturated heterocycles. The van der Waals surface area contributed by atoms with Crippen LogP contribution in [-0.4, -0.2) is 15.0 Å². The Kier molecular flexibility index (Phi) is 4.24. The molecule has 7 rings (SSSR count). The van der Waals surface area contributed by atoms with Gasteiger partial charge >= 0.3 is 0 Å². The van der Waals surface area contributed by atoms with Crippen LogP contribution in [0.3, 0.4) is 0 Å². The van der Waals surface area contributed by atoms with Gasteiger partial charge in [0.1, 0.15) is 11.1 Å². The van der Waals surface area contributed by atoms with E-state index in [1.165, 1.54) is 11.1 Å². The van der Waals surface area contributed by atoms with E-state index in [2.05, 4.69) is 78.6 Å². The Morgan fingerprint density at radius 3 is 2.46 bits per heavy atom. The third-order valence-corrected chi connectivity index (χ3v) is 6.87. The summed E-state index contributed by atoms with van der Waals surface area (Å²) in [4.78, 5) is 14.0. The molecule has 0 spiro atoms. The van der Waals surface area contributed by atoms with Crippen LogP contribution >= 0.6 is 0 Å². The first-order chi connectivity index (χ1) is 17.2. The first kappa shape index (κ1) is 19.9. The van der Waals surface area contributed by atoms with Crippen LogP contribution in [0.25, 0.3) is 66.1 Å². The molecule has 0 bridgehead atoms. The third kappa shape index (κ3) is 3.03. The Hall–Kier alpha value is -4.57. The summed E-state index contributed by atoms with van der Waals surface area (Å²) in [6, 6.07) is 27.2. The monoisotopic (exact) mass is 451 g/mol. The first-order valence-corrected chi connectivity index (χ1v) is 11.7. The number of furan rings is 1. The Morgan fingerprint density at radius 1 is 0.657 bits per heavy atom. The van der Waals surface area contributed by atoms with Gasteiger partial charge in [0.15, 0.2) is 5.58 Å². The molecule has 0 N–H and O–H groups in total. The van der Waals surface area contributed by atoms with Gasteiger partial charge in [-0.3, -0.25) is 9.97 Å². The van der Waals surface area contributed by atoms with E-state index in [-0.39, 0.29) is 0 Å². The summed E-state index contributed by atoms with van der Waals surface area (Å²) in [5.74, 6) is 0. The van der Waals surface area contributed by atoms with Crippen molar-refractivity contribution in [3.05, 3.63) is 103 Å². The Morgan fingerprint density at radius 2 is 1.51 bits per heavy atom. The number of pyridine rings is 3. The highest BCUT2D eigenvalue weighted by atomic mass is 16.3. The lowest BCUT2D eigenvalue weighted by Gasteiger charge is -2.11. The van der Waals surface area contributed by atoms with Crippen molar-refractivity contribution in [1.29, 1.82) is 0 Å². The van der Waals surface area contributed by atoms with Gasteiger partial charge in [0.25, 0.3) is 0 Å². The molecular formula is C31H21N3O. The van der Waals surface area contributed by atoms with Crippen LogP contribution < -0.4 is 0 Å². The summed E-state index contributed by atoms with van der Waals surface area (Å²) < 4.78 is 6.52. The summed E-state index contributed by atoms with van der Waals surface area (Å²) in [7, 11) is 0. The maximum atomic E-state index is 6.52. The number of rotatable bonds is 2. The zero-order valence-electron chi connectivity index (χ0n) is 19.4. The van der Waals surface area contributed by atoms with Crippen LogP contribution in [0.1, 0.15) is 11.3 Å². The number of para-hydroxylation sites is 1. The van der Waals surface area contributed by atoms with Crippen molar-refractivity contribution in [2.75, 3.05) is 0 Å². The Balaban J connectivity index is 1.45. The van der Waals surface area contributed by atoms with E-state index in [4.69, 9.17) is 14.4 Å². The lowest BCUT2D eigenvalue weighted by Crippen LogP contribution is -1.90. The van der Waals surface area contributed by atoms with Crippen LogP contribution in [0.15, 0.2) is 95.7 Å². The molecule has 0 aliphatic heterocycles. The molecule has 0 aliphatic rings. The molecule has 4 heterocycles. The highest BCUT2D eigenvalue weighted by Gasteiger charge is 2.16. The van der Waals surface area contributed by atoms with Gasteiger partial charge in [-0.2, -0.15) is 0 Å². The van der Waals surface area contributed by atoms with E-state index in [1.807, 2.05) is 31.5 Å². The predicted molar refractivity (Wildman–Crippen MR) is 142 cm³/mol. The quantitative estimate of drug-likeness (QED) is 0.267. The van der Waals surface area contributed by atoms with E-state index in [9.17, 15) is 0 Å². The van der Waals surface area contributed by atoms with E-state index in [0.717, 1.165) is 66.3 Å². The third-order valence-electron chi connectivity index (χ3n) is 6.87. The maximum absolute atomic E-state index is 6.52. The molecule has 0 saturated carbocycles. The van der Waals surface area contributed by atoms with Gasteiger partial charge in [-0.1, -0.05) is 36.4 Å². The SMILES string of the molecule is Cc1ccc2ccc3c4cccc(-c5cc(-c6ccc7ncccc7c6C)ccn5)c4oc3c2n1. The number of nitrogens with zero attached hydrogens (tertiary/aromatic N) is 3. The number of aromatic nitrogens is 3. The van der Waals surface area contributed by atoms with Crippen molar-refractivity contribution < 1.29 is 4.42 Å². The second-order valence-electron chi connectivity index (χ2n) is 8.99. The van der Waals surface area contributed by atoms with Crippen LogP contribution in [0.4, 0.5) is 0 Å². The Labute approximate surface area is 201 Å². The van der Waals surface area contributed by atoms with Crippen molar-refractivity contribution in [1.82, 2.24) is 15.0 Å². The van der Waals surface area contributed by atoms with Crippen molar-refractivity contribution in [2.45, 2.75) is 13.8 Å². The summed E-state index contributed by atoms with van der Waals surface area (Å²) in [5, 5.41) is 4.38. The summed E-state index contributed by atoms with van der Waals surface area (Å²) in [6.07, 6.45) is 3.71. The largest absolute Gasteiger partial charge is 0.453 e. The molecule has 0 fully saturated rings. The topological polar surface area (TPSA) is 51.8 Å².